The number of aliphatic hydroxyl groups excluding tert-OH is 6. The van der Waals surface area contributed by atoms with E-state index in [1.54, 1.807) is 0 Å². The van der Waals surface area contributed by atoms with E-state index in [0.29, 0.717) is 25.7 Å². The average Bonchev–Trinajstić information content (AvgIpc) is 2.31. The largest absolute Gasteiger partial charge is 0.394 e. The maximum atomic E-state index is 9.28. The fourth-order valence-corrected chi connectivity index (χ4v) is 1.34. The Kier molecular flexibility index (Phi) is 8.73. The summed E-state index contributed by atoms with van der Waals surface area (Å²) in [6, 6.07) is 0. The number of hydrogen-bond acceptors (Lipinski definition) is 6. The molecule has 0 saturated carbocycles. The Hall–Kier alpha value is -0.240. The van der Waals surface area contributed by atoms with E-state index in [2.05, 4.69) is 0 Å². The summed E-state index contributed by atoms with van der Waals surface area (Å²) in [5, 5.41) is 53.7. The molecule has 4 unspecified atom stereocenters. The molecule has 0 heterocycles. The SMILES string of the molecule is OCC(O)C(O)CCCCC(O)C(O)CO. The molecule has 16 heavy (non-hydrogen) atoms. The molecule has 0 aromatic heterocycles. The van der Waals surface area contributed by atoms with Crippen LogP contribution in [0.1, 0.15) is 25.7 Å². The lowest BCUT2D eigenvalue weighted by molar-refractivity contribution is -0.0251. The first kappa shape index (κ1) is 15.8. The van der Waals surface area contributed by atoms with Crippen LogP contribution < -0.4 is 0 Å². The summed E-state index contributed by atoms with van der Waals surface area (Å²) >= 11 is 0. The second kappa shape index (κ2) is 8.86. The Morgan fingerprint density at radius 2 is 0.875 bits per heavy atom. The summed E-state index contributed by atoms with van der Waals surface area (Å²) < 4.78 is 0. The van der Waals surface area contributed by atoms with Crippen molar-refractivity contribution in [1.82, 2.24) is 0 Å². The van der Waals surface area contributed by atoms with E-state index in [4.69, 9.17) is 20.4 Å². The monoisotopic (exact) mass is 238 g/mol. The molecule has 0 rings (SSSR count). The molecule has 0 aliphatic heterocycles. The predicted molar refractivity (Wildman–Crippen MR) is 56.7 cm³/mol. The Bertz CT molecular complexity index is 147. The fourth-order valence-electron chi connectivity index (χ4n) is 1.34. The third-order valence-corrected chi connectivity index (χ3v) is 2.51. The second-order valence-electron chi connectivity index (χ2n) is 3.92. The van der Waals surface area contributed by atoms with Gasteiger partial charge in [0.1, 0.15) is 12.2 Å². The Balaban J connectivity index is 3.52. The summed E-state index contributed by atoms with van der Waals surface area (Å²) in [5.74, 6) is 0. The van der Waals surface area contributed by atoms with E-state index in [0.717, 1.165) is 0 Å². The van der Waals surface area contributed by atoms with Crippen LogP contribution in [0, 0.1) is 0 Å². The van der Waals surface area contributed by atoms with Gasteiger partial charge >= 0.3 is 0 Å². The highest BCUT2D eigenvalue weighted by Gasteiger charge is 2.16. The van der Waals surface area contributed by atoms with Crippen molar-refractivity contribution in [3.8, 4) is 0 Å². The van der Waals surface area contributed by atoms with Gasteiger partial charge in [-0.3, -0.25) is 0 Å². The topological polar surface area (TPSA) is 121 Å². The van der Waals surface area contributed by atoms with E-state index in [9.17, 15) is 10.2 Å². The highest BCUT2D eigenvalue weighted by atomic mass is 16.4. The maximum Gasteiger partial charge on any atom is 0.103 e. The van der Waals surface area contributed by atoms with Gasteiger partial charge in [0.2, 0.25) is 0 Å². The smallest absolute Gasteiger partial charge is 0.103 e. The molecule has 6 nitrogen and oxygen atoms in total. The third kappa shape index (κ3) is 6.37. The summed E-state index contributed by atoms with van der Waals surface area (Å²) in [4.78, 5) is 0. The molecule has 0 amide bonds. The molecular weight excluding hydrogens is 216 g/mol. The van der Waals surface area contributed by atoms with E-state index in [1.165, 1.54) is 0 Å². The van der Waals surface area contributed by atoms with Gasteiger partial charge in [-0.25, -0.2) is 0 Å². The summed E-state index contributed by atoms with van der Waals surface area (Å²) in [5.41, 5.74) is 0. The Morgan fingerprint density at radius 3 is 1.12 bits per heavy atom. The van der Waals surface area contributed by atoms with Gasteiger partial charge in [0.25, 0.3) is 0 Å². The normalized spacial score (nSPS) is 19.1. The van der Waals surface area contributed by atoms with Gasteiger partial charge in [-0.15, -0.1) is 0 Å². The van der Waals surface area contributed by atoms with Gasteiger partial charge in [-0.1, -0.05) is 12.8 Å². The molecule has 98 valence electrons. The highest BCUT2D eigenvalue weighted by Crippen LogP contribution is 2.10. The molecule has 0 aliphatic carbocycles. The van der Waals surface area contributed by atoms with Crippen LogP contribution in [0.5, 0.6) is 0 Å². The zero-order valence-electron chi connectivity index (χ0n) is 9.24. The summed E-state index contributed by atoms with van der Waals surface area (Å²) in [7, 11) is 0. The quantitative estimate of drug-likeness (QED) is 0.258. The van der Waals surface area contributed by atoms with E-state index in [-0.39, 0.29) is 0 Å². The lowest BCUT2D eigenvalue weighted by atomic mass is 10.0. The second-order valence-corrected chi connectivity index (χ2v) is 3.92. The van der Waals surface area contributed by atoms with Crippen LogP contribution in [0.3, 0.4) is 0 Å². The molecule has 6 heteroatoms. The van der Waals surface area contributed by atoms with E-state index >= 15 is 0 Å². The van der Waals surface area contributed by atoms with Gasteiger partial charge in [0.15, 0.2) is 0 Å². The van der Waals surface area contributed by atoms with Crippen LogP contribution in [0.4, 0.5) is 0 Å². The van der Waals surface area contributed by atoms with Gasteiger partial charge in [0.05, 0.1) is 25.4 Å². The first-order valence-corrected chi connectivity index (χ1v) is 5.46. The van der Waals surface area contributed by atoms with Crippen LogP contribution in [0.2, 0.25) is 0 Å². The van der Waals surface area contributed by atoms with Crippen molar-refractivity contribution in [2.75, 3.05) is 13.2 Å². The average molecular weight is 238 g/mol. The van der Waals surface area contributed by atoms with Gasteiger partial charge in [0, 0.05) is 0 Å². The fraction of sp³-hybridized carbons (Fsp3) is 1.00. The zero-order chi connectivity index (χ0) is 12.6. The van der Waals surface area contributed by atoms with Gasteiger partial charge < -0.3 is 30.6 Å². The van der Waals surface area contributed by atoms with Crippen molar-refractivity contribution in [3.05, 3.63) is 0 Å². The zero-order valence-corrected chi connectivity index (χ0v) is 9.24. The maximum absolute atomic E-state index is 9.28. The van der Waals surface area contributed by atoms with Crippen molar-refractivity contribution in [1.29, 1.82) is 0 Å². The predicted octanol–water partition coefficient (Wildman–Crippen LogP) is -2.02. The molecule has 0 radical (unpaired) electrons. The van der Waals surface area contributed by atoms with Crippen molar-refractivity contribution >= 4 is 0 Å². The standard InChI is InChI=1S/C10H22O6/c11-5-9(15)7(13)3-1-2-4-8(14)10(16)6-12/h7-16H,1-6H2. The van der Waals surface area contributed by atoms with Crippen LogP contribution >= 0.6 is 0 Å². The van der Waals surface area contributed by atoms with Crippen LogP contribution in [-0.4, -0.2) is 68.3 Å². The number of hydrogen-bond donors (Lipinski definition) is 6. The number of aliphatic hydroxyl groups is 6. The molecule has 0 spiro atoms. The molecule has 6 N–H and O–H groups in total. The van der Waals surface area contributed by atoms with Gasteiger partial charge in [-0.2, -0.15) is 0 Å². The summed E-state index contributed by atoms with van der Waals surface area (Å²) in [6.07, 6.45) is -2.43. The van der Waals surface area contributed by atoms with Crippen LogP contribution in [-0.2, 0) is 0 Å². The lowest BCUT2D eigenvalue weighted by Crippen LogP contribution is -2.30. The third-order valence-electron chi connectivity index (χ3n) is 2.51. The number of unbranched alkanes of at least 4 members (excludes halogenated alkanes) is 1. The molecule has 0 aromatic rings. The minimum absolute atomic E-state index is 0.323. The van der Waals surface area contributed by atoms with Crippen molar-refractivity contribution in [2.24, 2.45) is 0 Å². The van der Waals surface area contributed by atoms with Crippen molar-refractivity contribution < 1.29 is 30.6 Å². The highest BCUT2D eigenvalue weighted by molar-refractivity contribution is 4.68. The molecule has 0 aromatic carbocycles. The van der Waals surface area contributed by atoms with Crippen molar-refractivity contribution in [3.63, 3.8) is 0 Å². The van der Waals surface area contributed by atoms with Crippen LogP contribution in [0.25, 0.3) is 0 Å². The Morgan fingerprint density at radius 1 is 0.562 bits per heavy atom. The van der Waals surface area contributed by atoms with Gasteiger partial charge in [-0.05, 0) is 12.8 Å². The Labute approximate surface area is 94.8 Å². The molecule has 0 bridgehead atoms. The lowest BCUT2D eigenvalue weighted by Gasteiger charge is -2.17. The first-order valence-electron chi connectivity index (χ1n) is 5.46. The molecule has 0 fully saturated rings. The molecule has 0 saturated heterocycles. The van der Waals surface area contributed by atoms with Crippen molar-refractivity contribution in [2.45, 2.75) is 50.1 Å². The summed E-state index contributed by atoms with van der Waals surface area (Å²) in [6.45, 7) is -0.958. The minimum Gasteiger partial charge on any atom is -0.394 e. The van der Waals surface area contributed by atoms with E-state index < -0.39 is 37.6 Å². The van der Waals surface area contributed by atoms with E-state index in [1.807, 2.05) is 0 Å². The first-order chi connectivity index (χ1) is 7.52. The number of rotatable bonds is 9. The minimum atomic E-state index is -1.13. The molecular formula is C10H22O6. The van der Waals surface area contributed by atoms with Crippen LogP contribution in [0.15, 0.2) is 0 Å². The molecule has 0 aliphatic rings. The molecule has 4 atom stereocenters.